The molecule has 13 heteroatoms. The van der Waals surface area contributed by atoms with Gasteiger partial charge < -0.3 is 9.05 Å². The van der Waals surface area contributed by atoms with E-state index in [0.717, 1.165) is 8.61 Å². The summed E-state index contributed by atoms with van der Waals surface area (Å²) < 4.78 is 68.0. The van der Waals surface area contributed by atoms with E-state index in [1.165, 1.54) is 76.7 Å². The summed E-state index contributed by atoms with van der Waals surface area (Å²) in [6.45, 7) is -1.35. The molecule has 0 spiro atoms. The van der Waals surface area contributed by atoms with Crippen LogP contribution in [-0.2, 0) is 36.4 Å². The monoisotopic (exact) mass is 508 g/mol. The Balaban J connectivity index is 2.24. The lowest BCUT2D eigenvalue weighted by molar-refractivity contribution is 0.276. The van der Waals surface area contributed by atoms with Gasteiger partial charge in [-0.15, -0.1) is 0 Å². The first-order valence-corrected chi connectivity index (χ1v) is 14.4. The van der Waals surface area contributed by atoms with Gasteiger partial charge >= 0.3 is 6.72 Å². The first-order valence-electron chi connectivity index (χ1n) is 9.01. The molecule has 0 radical (unpaired) electrons. The van der Waals surface area contributed by atoms with Crippen molar-refractivity contribution in [3.8, 4) is 11.5 Å². The smallest absolute Gasteiger partial charge is 0.416 e. The maximum Gasteiger partial charge on any atom is 0.434 e. The maximum atomic E-state index is 12.2. The average Bonchev–Trinajstić information content (AvgIpc) is 2.68. The van der Waals surface area contributed by atoms with E-state index in [0.29, 0.717) is 0 Å². The topological polar surface area (TPSA) is 102 Å². The van der Waals surface area contributed by atoms with Crippen LogP contribution in [0.4, 0.5) is 0 Å². The SMILES string of the molecule is CCOP(=S)(Oc1ccc(S(=O)(=O)N(C)C)cc1)Oc1ccc(S(=O)(=O)N(C)C)cc1. The van der Waals surface area contributed by atoms with E-state index in [9.17, 15) is 16.8 Å². The minimum Gasteiger partial charge on any atom is -0.416 e. The van der Waals surface area contributed by atoms with Crippen molar-refractivity contribution >= 4 is 38.6 Å². The molecule has 2 aromatic rings. The van der Waals surface area contributed by atoms with Crippen LogP contribution in [0.25, 0.3) is 0 Å². The minimum atomic E-state index is -3.57. The highest BCUT2D eigenvalue weighted by Gasteiger charge is 2.25. The molecule has 0 saturated heterocycles. The summed E-state index contributed by atoms with van der Waals surface area (Å²) in [5, 5.41) is 0. The number of benzene rings is 2. The fraction of sp³-hybridized carbons (Fsp3) is 0.333. The molecule has 2 rings (SSSR count). The number of sulfonamides is 2. The second kappa shape index (κ2) is 9.95. The van der Waals surface area contributed by atoms with E-state index in [2.05, 4.69) is 0 Å². The van der Waals surface area contributed by atoms with Gasteiger partial charge in [-0.1, -0.05) is 0 Å². The van der Waals surface area contributed by atoms with Crippen molar-refractivity contribution in [3.63, 3.8) is 0 Å². The molecule has 9 nitrogen and oxygen atoms in total. The minimum absolute atomic E-state index is 0.105. The Morgan fingerprint density at radius 2 is 1.06 bits per heavy atom. The van der Waals surface area contributed by atoms with Gasteiger partial charge in [0.2, 0.25) is 20.0 Å². The molecule has 0 aromatic heterocycles. The summed E-state index contributed by atoms with van der Waals surface area (Å²) in [4.78, 5) is 0.210. The van der Waals surface area contributed by atoms with Gasteiger partial charge in [0, 0.05) is 40.0 Å². The molecule has 0 unspecified atom stereocenters. The lowest BCUT2D eigenvalue weighted by Gasteiger charge is -2.22. The number of nitrogens with zero attached hydrogens (tertiary/aromatic N) is 2. The van der Waals surface area contributed by atoms with Crippen molar-refractivity contribution in [1.29, 1.82) is 0 Å². The summed E-state index contributed by atoms with van der Waals surface area (Å²) in [7, 11) is -1.38. The van der Waals surface area contributed by atoms with Gasteiger partial charge in [0.15, 0.2) is 0 Å². The van der Waals surface area contributed by atoms with Crippen molar-refractivity contribution < 1.29 is 30.4 Å². The third kappa shape index (κ3) is 6.26. The predicted octanol–water partition coefficient (Wildman–Crippen LogP) is 2.91. The van der Waals surface area contributed by atoms with Crippen LogP contribution in [0.1, 0.15) is 6.92 Å². The first kappa shape index (κ1) is 25.7. The summed E-state index contributed by atoms with van der Waals surface area (Å²) >= 11 is 5.45. The van der Waals surface area contributed by atoms with Gasteiger partial charge in [-0.2, -0.15) is 0 Å². The molecule has 0 N–H and O–H groups in total. The van der Waals surface area contributed by atoms with Crippen molar-refractivity contribution in [2.75, 3.05) is 34.8 Å². The van der Waals surface area contributed by atoms with Gasteiger partial charge in [-0.25, -0.2) is 25.4 Å². The van der Waals surface area contributed by atoms with E-state index in [-0.39, 0.29) is 27.9 Å². The number of rotatable bonds is 10. The fourth-order valence-electron chi connectivity index (χ4n) is 2.25. The molecule has 0 bridgehead atoms. The van der Waals surface area contributed by atoms with Gasteiger partial charge in [0.25, 0.3) is 0 Å². The molecule has 31 heavy (non-hydrogen) atoms. The molecule has 2 aromatic carbocycles. The Kier molecular flexibility index (Phi) is 8.26. The fourth-order valence-corrected chi connectivity index (χ4v) is 6.11. The van der Waals surface area contributed by atoms with Crippen LogP contribution in [0.5, 0.6) is 11.5 Å². The Labute approximate surface area is 188 Å². The molecule has 0 aliphatic heterocycles. The second-order valence-electron chi connectivity index (χ2n) is 6.57. The highest BCUT2D eigenvalue weighted by atomic mass is 32.5. The summed E-state index contributed by atoms with van der Waals surface area (Å²) in [6.07, 6.45) is 0. The van der Waals surface area contributed by atoms with Crippen LogP contribution in [0, 0.1) is 0 Å². The van der Waals surface area contributed by atoms with E-state index in [1.54, 1.807) is 6.92 Å². The van der Waals surface area contributed by atoms with Crippen molar-refractivity contribution in [2.24, 2.45) is 0 Å². The Bertz CT molecular complexity index is 1060. The molecule has 0 saturated carbocycles. The molecule has 0 fully saturated rings. The van der Waals surface area contributed by atoms with Gasteiger partial charge in [0.1, 0.15) is 11.5 Å². The van der Waals surface area contributed by atoms with Crippen LogP contribution in [0.2, 0.25) is 0 Å². The first-order chi connectivity index (χ1) is 14.3. The Hall–Kier alpha value is -1.53. The number of hydrogen-bond acceptors (Lipinski definition) is 8. The van der Waals surface area contributed by atoms with E-state index < -0.39 is 26.8 Å². The third-order valence-corrected chi connectivity index (χ3v) is 9.79. The summed E-state index contributed by atoms with van der Waals surface area (Å²) in [5.74, 6) is 0.558. The molecule has 0 aliphatic carbocycles. The van der Waals surface area contributed by atoms with Crippen LogP contribution in [0.15, 0.2) is 58.3 Å². The van der Waals surface area contributed by atoms with Gasteiger partial charge in [-0.05, 0) is 55.5 Å². The lowest BCUT2D eigenvalue weighted by atomic mass is 10.3. The predicted molar refractivity (Wildman–Crippen MR) is 122 cm³/mol. The summed E-state index contributed by atoms with van der Waals surface area (Å²) in [6, 6.07) is 11.5. The van der Waals surface area contributed by atoms with Crippen molar-refractivity contribution in [3.05, 3.63) is 48.5 Å². The third-order valence-electron chi connectivity index (χ3n) is 3.93. The van der Waals surface area contributed by atoms with Crippen LogP contribution in [-0.4, -0.2) is 60.2 Å². The Morgan fingerprint density at radius 1 is 0.742 bits per heavy atom. The molecular formula is C18H25N2O7PS3. The second-order valence-corrected chi connectivity index (χ2v) is 13.7. The van der Waals surface area contributed by atoms with E-state index in [1.807, 2.05) is 0 Å². The maximum absolute atomic E-state index is 12.2. The largest absolute Gasteiger partial charge is 0.434 e. The van der Waals surface area contributed by atoms with Gasteiger partial charge in [0.05, 0.1) is 16.4 Å². The zero-order valence-electron chi connectivity index (χ0n) is 17.8. The lowest BCUT2D eigenvalue weighted by Crippen LogP contribution is -2.22. The van der Waals surface area contributed by atoms with E-state index >= 15 is 0 Å². The molecule has 0 heterocycles. The molecule has 172 valence electrons. The summed E-state index contributed by atoms with van der Waals surface area (Å²) in [5.41, 5.74) is 0. The normalized spacial score (nSPS) is 12.9. The van der Waals surface area contributed by atoms with Crippen LogP contribution >= 0.6 is 6.72 Å². The zero-order valence-corrected chi connectivity index (χ0v) is 21.1. The van der Waals surface area contributed by atoms with Crippen LogP contribution in [0.3, 0.4) is 0 Å². The van der Waals surface area contributed by atoms with Crippen molar-refractivity contribution in [2.45, 2.75) is 16.7 Å². The average molecular weight is 509 g/mol. The zero-order chi connectivity index (χ0) is 23.4. The molecule has 0 amide bonds. The van der Waals surface area contributed by atoms with Gasteiger partial charge in [-0.3, -0.25) is 4.52 Å². The molecular weight excluding hydrogens is 483 g/mol. The highest BCUT2D eigenvalue weighted by molar-refractivity contribution is 8.07. The molecule has 0 aliphatic rings. The Morgan fingerprint density at radius 3 is 1.32 bits per heavy atom. The molecule has 0 atom stereocenters. The standard InChI is InChI=1S/C18H25N2O7PS3/c1-6-25-28(29,26-15-7-11-17(12-8-15)30(21,22)19(2)3)27-16-9-13-18(14-10-16)31(23,24)20(4)5/h7-14H,6H2,1-5H3. The quantitative estimate of drug-likeness (QED) is 0.452. The van der Waals surface area contributed by atoms with Crippen molar-refractivity contribution in [1.82, 2.24) is 8.61 Å². The van der Waals surface area contributed by atoms with Crippen LogP contribution < -0.4 is 9.05 Å². The van der Waals surface area contributed by atoms with E-state index in [4.69, 9.17) is 25.4 Å². The number of hydrogen-bond donors (Lipinski definition) is 0. The highest BCUT2D eigenvalue weighted by Crippen LogP contribution is 2.50.